The fourth-order valence-corrected chi connectivity index (χ4v) is 1.41. The van der Waals surface area contributed by atoms with Crippen LogP contribution in [-0.4, -0.2) is 32.1 Å². The zero-order chi connectivity index (χ0) is 12.4. The number of nitrogens with one attached hydrogen (secondary N) is 1. The fourth-order valence-electron chi connectivity index (χ4n) is 1.41. The van der Waals surface area contributed by atoms with Gasteiger partial charge in [-0.05, 0) is 56.8 Å². The summed E-state index contributed by atoms with van der Waals surface area (Å²) >= 11 is 0. The van der Waals surface area contributed by atoms with Gasteiger partial charge in [0.25, 0.3) is 0 Å². The van der Waals surface area contributed by atoms with Gasteiger partial charge >= 0.3 is 0 Å². The number of hydrogen-bond donors (Lipinski definition) is 1. The molecule has 0 radical (unpaired) electrons. The highest BCUT2D eigenvalue weighted by atomic mass is 15.1. The molecule has 0 atom stereocenters. The zero-order valence-corrected chi connectivity index (χ0v) is 11.2. The Hall–Kier alpha value is -1.02. The molecule has 16 heavy (non-hydrogen) atoms. The monoisotopic (exact) mass is 222 g/mol. The van der Waals surface area contributed by atoms with Crippen molar-refractivity contribution in [3.8, 4) is 0 Å². The van der Waals surface area contributed by atoms with Crippen molar-refractivity contribution in [2.45, 2.75) is 26.7 Å². The molecule has 0 aliphatic carbocycles. The van der Waals surface area contributed by atoms with Crippen molar-refractivity contribution in [1.82, 2.24) is 10.2 Å². The first-order chi connectivity index (χ1) is 7.65. The lowest BCUT2D eigenvalue weighted by atomic mass is 10.1. The maximum atomic E-state index is 4.05. The lowest BCUT2D eigenvalue weighted by Crippen LogP contribution is -2.17. The van der Waals surface area contributed by atoms with Gasteiger partial charge in [0.05, 0.1) is 0 Å². The Kier molecular flexibility index (Phi) is 8.64. The molecule has 0 aromatic carbocycles. The molecule has 0 saturated heterocycles. The molecule has 0 amide bonds. The Labute approximate surface area is 101 Å². The minimum absolute atomic E-state index is 1.01. The first-order valence-electron chi connectivity index (χ1n) is 6.03. The van der Waals surface area contributed by atoms with Crippen molar-refractivity contribution in [1.29, 1.82) is 0 Å². The topological polar surface area (TPSA) is 15.3 Å². The molecule has 0 rings (SSSR count). The SMILES string of the molecule is C=C(CC)C(/C=C\N(C)CCCNC)=C\C. The fraction of sp³-hybridized carbons (Fsp3) is 0.571. The molecule has 0 unspecified atom stereocenters. The average molecular weight is 222 g/mol. The van der Waals surface area contributed by atoms with Gasteiger partial charge in [0, 0.05) is 13.6 Å². The van der Waals surface area contributed by atoms with Crippen LogP contribution in [0.3, 0.4) is 0 Å². The second-order valence-electron chi connectivity index (χ2n) is 3.95. The third-order valence-electron chi connectivity index (χ3n) is 2.59. The van der Waals surface area contributed by atoms with E-state index in [1.165, 1.54) is 11.1 Å². The van der Waals surface area contributed by atoms with Crippen LogP contribution in [0, 0.1) is 0 Å². The molecule has 0 aliphatic heterocycles. The van der Waals surface area contributed by atoms with Gasteiger partial charge in [-0.2, -0.15) is 0 Å². The molecule has 0 bridgehead atoms. The molecule has 0 aromatic heterocycles. The minimum atomic E-state index is 1.01. The molecule has 1 N–H and O–H groups in total. The van der Waals surface area contributed by atoms with E-state index >= 15 is 0 Å². The lowest BCUT2D eigenvalue weighted by molar-refractivity contribution is 0.440. The van der Waals surface area contributed by atoms with E-state index < -0.39 is 0 Å². The standard InChI is InChI=1S/C14H26N2/c1-6-13(3)14(7-2)9-12-16(5)11-8-10-15-4/h7,9,12,15H,3,6,8,10-11H2,1-2,4-5H3/b12-9-,14-7-. The van der Waals surface area contributed by atoms with E-state index in [9.17, 15) is 0 Å². The van der Waals surface area contributed by atoms with E-state index in [2.05, 4.69) is 56.0 Å². The van der Waals surface area contributed by atoms with Gasteiger partial charge in [-0.3, -0.25) is 0 Å². The van der Waals surface area contributed by atoms with Crippen LogP contribution in [0.5, 0.6) is 0 Å². The van der Waals surface area contributed by atoms with E-state index in [-0.39, 0.29) is 0 Å². The first kappa shape index (κ1) is 15.0. The van der Waals surface area contributed by atoms with E-state index in [0.29, 0.717) is 0 Å². The maximum Gasteiger partial charge on any atom is 0.0181 e. The predicted molar refractivity (Wildman–Crippen MR) is 73.5 cm³/mol. The van der Waals surface area contributed by atoms with Crippen LogP contribution in [0.2, 0.25) is 0 Å². The lowest BCUT2D eigenvalue weighted by Gasteiger charge is -2.14. The molecular formula is C14H26N2. The maximum absolute atomic E-state index is 4.05. The Bertz CT molecular complexity index is 251. The zero-order valence-electron chi connectivity index (χ0n) is 11.2. The van der Waals surface area contributed by atoms with Gasteiger partial charge in [0.15, 0.2) is 0 Å². The van der Waals surface area contributed by atoms with Gasteiger partial charge in [-0.25, -0.2) is 0 Å². The molecule has 92 valence electrons. The summed E-state index contributed by atoms with van der Waals surface area (Å²) in [5.41, 5.74) is 2.44. The van der Waals surface area contributed by atoms with E-state index in [0.717, 1.165) is 25.9 Å². The second kappa shape index (κ2) is 9.22. The van der Waals surface area contributed by atoms with Gasteiger partial charge in [-0.1, -0.05) is 19.6 Å². The van der Waals surface area contributed by atoms with Crippen LogP contribution in [0.25, 0.3) is 0 Å². The van der Waals surface area contributed by atoms with Gasteiger partial charge in [-0.15, -0.1) is 0 Å². The normalized spacial score (nSPS) is 12.1. The molecule has 0 heterocycles. The highest BCUT2D eigenvalue weighted by Crippen LogP contribution is 2.12. The largest absolute Gasteiger partial charge is 0.380 e. The average Bonchev–Trinajstić information content (AvgIpc) is 2.29. The van der Waals surface area contributed by atoms with Crippen LogP contribution >= 0.6 is 0 Å². The Balaban J connectivity index is 4.09. The predicted octanol–water partition coefficient (Wildman–Crippen LogP) is 2.95. The summed E-state index contributed by atoms with van der Waals surface area (Å²) in [7, 11) is 4.09. The van der Waals surface area contributed by atoms with E-state index in [1.54, 1.807) is 0 Å². The summed E-state index contributed by atoms with van der Waals surface area (Å²) in [6.45, 7) is 10.4. The molecule has 0 aromatic rings. The van der Waals surface area contributed by atoms with Gasteiger partial charge < -0.3 is 10.2 Å². The summed E-state index contributed by atoms with van der Waals surface area (Å²) in [5.74, 6) is 0. The highest BCUT2D eigenvalue weighted by Gasteiger charge is 1.96. The van der Waals surface area contributed by atoms with Crippen molar-refractivity contribution in [2.75, 3.05) is 27.2 Å². The van der Waals surface area contributed by atoms with Crippen LogP contribution < -0.4 is 5.32 Å². The molecule has 2 nitrogen and oxygen atoms in total. The van der Waals surface area contributed by atoms with Gasteiger partial charge in [0.1, 0.15) is 0 Å². The summed E-state index contributed by atoms with van der Waals surface area (Å²) in [4.78, 5) is 2.21. The smallest absolute Gasteiger partial charge is 0.0181 e. The molecular weight excluding hydrogens is 196 g/mol. The van der Waals surface area contributed by atoms with E-state index in [4.69, 9.17) is 0 Å². The van der Waals surface area contributed by atoms with Crippen LogP contribution in [0.1, 0.15) is 26.7 Å². The molecule has 0 spiro atoms. The highest BCUT2D eigenvalue weighted by molar-refractivity contribution is 5.36. The summed E-state index contributed by atoms with van der Waals surface area (Å²) < 4.78 is 0. The van der Waals surface area contributed by atoms with Crippen molar-refractivity contribution in [3.05, 3.63) is 36.1 Å². The van der Waals surface area contributed by atoms with Crippen LogP contribution in [0.15, 0.2) is 36.1 Å². The van der Waals surface area contributed by atoms with Crippen molar-refractivity contribution < 1.29 is 0 Å². The number of rotatable bonds is 8. The van der Waals surface area contributed by atoms with Crippen molar-refractivity contribution in [2.24, 2.45) is 0 Å². The number of allylic oxidation sites excluding steroid dienone is 4. The first-order valence-corrected chi connectivity index (χ1v) is 6.03. The van der Waals surface area contributed by atoms with Crippen molar-refractivity contribution in [3.63, 3.8) is 0 Å². The molecule has 0 aliphatic rings. The van der Waals surface area contributed by atoms with Crippen LogP contribution in [-0.2, 0) is 0 Å². The third kappa shape index (κ3) is 6.46. The van der Waals surface area contributed by atoms with Crippen LogP contribution in [0.4, 0.5) is 0 Å². The van der Waals surface area contributed by atoms with Gasteiger partial charge in [0.2, 0.25) is 0 Å². The Morgan fingerprint density at radius 3 is 2.62 bits per heavy atom. The summed E-state index contributed by atoms with van der Waals surface area (Å²) in [6.07, 6.45) is 8.56. The molecule has 0 fully saturated rings. The van der Waals surface area contributed by atoms with Crippen molar-refractivity contribution >= 4 is 0 Å². The quantitative estimate of drug-likeness (QED) is 0.502. The van der Waals surface area contributed by atoms with E-state index in [1.807, 2.05) is 7.05 Å². The summed E-state index contributed by atoms with van der Waals surface area (Å²) in [5, 5.41) is 3.15. The molecule has 2 heteroatoms. The number of nitrogens with zero attached hydrogens (tertiary/aromatic N) is 1. The third-order valence-corrected chi connectivity index (χ3v) is 2.59. The number of hydrogen-bond acceptors (Lipinski definition) is 2. The minimum Gasteiger partial charge on any atom is -0.380 e. The second-order valence-corrected chi connectivity index (χ2v) is 3.95. The Morgan fingerprint density at radius 2 is 2.12 bits per heavy atom. The Morgan fingerprint density at radius 1 is 1.44 bits per heavy atom. The summed E-state index contributed by atoms with van der Waals surface area (Å²) in [6, 6.07) is 0. The molecule has 0 saturated carbocycles.